The van der Waals surface area contributed by atoms with E-state index in [4.69, 9.17) is 0 Å². The van der Waals surface area contributed by atoms with Gasteiger partial charge in [0.1, 0.15) is 0 Å². The van der Waals surface area contributed by atoms with Crippen LogP contribution in [-0.4, -0.2) is 62.0 Å². The molecule has 0 aromatic carbocycles. The fraction of sp³-hybridized carbons (Fsp3) is 0.909. The molecule has 4 heteroatoms. The van der Waals surface area contributed by atoms with Gasteiger partial charge in [-0.3, -0.25) is 4.79 Å². The zero-order valence-corrected chi connectivity index (χ0v) is 10.1. The third-order valence-corrected chi connectivity index (χ3v) is 3.12. The second-order valence-corrected chi connectivity index (χ2v) is 4.36. The highest BCUT2D eigenvalue weighted by atomic mass is 16.2. The summed E-state index contributed by atoms with van der Waals surface area (Å²) in [5.74, 6) is 0.276. The van der Waals surface area contributed by atoms with E-state index >= 15 is 0 Å². The zero-order chi connectivity index (χ0) is 11.3. The van der Waals surface area contributed by atoms with Crippen molar-refractivity contribution in [3.05, 3.63) is 0 Å². The second kappa shape index (κ2) is 6.08. The van der Waals surface area contributed by atoms with Gasteiger partial charge in [0.2, 0.25) is 5.91 Å². The summed E-state index contributed by atoms with van der Waals surface area (Å²) >= 11 is 0. The van der Waals surface area contributed by atoms with Crippen molar-refractivity contribution in [1.29, 1.82) is 0 Å². The van der Waals surface area contributed by atoms with Crippen molar-refractivity contribution in [2.75, 3.05) is 40.3 Å². The Labute approximate surface area is 92.6 Å². The molecule has 0 aromatic heterocycles. The number of amides is 1. The first-order valence-electron chi connectivity index (χ1n) is 5.77. The Balaban J connectivity index is 2.37. The molecule has 1 amide bonds. The summed E-state index contributed by atoms with van der Waals surface area (Å²) in [6, 6.07) is 0.342. The van der Waals surface area contributed by atoms with Crippen LogP contribution in [0.1, 0.15) is 19.8 Å². The van der Waals surface area contributed by atoms with Crippen molar-refractivity contribution in [3.8, 4) is 0 Å². The van der Waals surface area contributed by atoms with Crippen molar-refractivity contribution in [1.82, 2.24) is 15.1 Å². The Morgan fingerprint density at radius 2 is 2.27 bits per heavy atom. The molecule has 0 saturated carbocycles. The van der Waals surface area contributed by atoms with E-state index in [1.807, 2.05) is 19.0 Å². The Bertz CT molecular complexity index is 208. The Hall–Kier alpha value is -0.610. The smallest absolute Gasteiger partial charge is 0.223 e. The molecule has 0 spiro atoms. The number of carbonyl (C=O) groups is 1. The molecule has 0 aromatic rings. The summed E-state index contributed by atoms with van der Waals surface area (Å²) in [5.41, 5.74) is 0. The van der Waals surface area contributed by atoms with E-state index in [0.29, 0.717) is 12.5 Å². The Kier molecular flexibility index (Phi) is 5.05. The first-order chi connectivity index (χ1) is 7.15. The summed E-state index contributed by atoms with van der Waals surface area (Å²) < 4.78 is 0. The minimum absolute atomic E-state index is 0.276. The maximum atomic E-state index is 11.6. The summed E-state index contributed by atoms with van der Waals surface area (Å²) in [7, 11) is 3.88. The van der Waals surface area contributed by atoms with Gasteiger partial charge in [-0.1, -0.05) is 0 Å². The van der Waals surface area contributed by atoms with Gasteiger partial charge in [-0.25, -0.2) is 0 Å². The molecule has 88 valence electrons. The Morgan fingerprint density at radius 1 is 1.53 bits per heavy atom. The lowest BCUT2D eigenvalue weighted by Crippen LogP contribution is -2.39. The van der Waals surface area contributed by atoms with E-state index < -0.39 is 0 Å². The van der Waals surface area contributed by atoms with Gasteiger partial charge in [-0.15, -0.1) is 0 Å². The summed E-state index contributed by atoms with van der Waals surface area (Å²) in [6.45, 7) is 6.18. The van der Waals surface area contributed by atoms with Crippen molar-refractivity contribution in [2.24, 2.45) is 0 Å². The van der Waals surface area contributed by atoms with Crippen LogP contribution in [0.2, 0.25) is 0 Å². The average molecular weight is 213 g/mol. The molecular formula is C11H23N3O. The number of likely N-dealkylation sites (N-methyl/N-ethyl adjacent to an activating group) is 1. The lowest BCUT2D eigenvalue weighted by Gasteiger charge is -2.25. The number of hydrogen-bond donors (Lipinski definition) is 1. The molecule has 0 bridgehead atoms. The SMILES string of the molecule is CNCCCN1CCC(=O)N(C)C(C)C1. The third kappa shape index (κ3) is 3.80. The first kappa shape index (κ1) is 12.5. The van der Waals surface area contributed by atoms with E-state index in [1.54, 1.807) is 0 Å². The summed E-state index contributed by atoms with van der Waals surface area (Å²) in [6.07, 6.45) is 1.82. The van der Waals surface area contributed by atoms with Crippen LogP contribution >= 0.6 is 0 Å². The fourth-order valence-corrected chi connectivity index (χ4v) is 1.95. The van der Waals surface area contributed by atoms with Crippen LogP contribution in [0.4, 0.5) is 0 Å². The standard InChI is InChI=1S/C11H23N3O/c1-10-9-14(7-4-6-12-2)8-5-11(15)13(10)3/h10,12H,4-9H2,1-3H3. The minimum Gasteiger partial charge on any atom is -0.342 e. The van der Waals surface area contributed by atoms with E-state index in [0.717, 1.165) is 32.6 Å². The monoisotopic (exact) mass is 213 g/mol. The highest BCUT2D eigenvalue weighted by Gasteiger charge is 2.22. The summed E-state index contributed by atoms with van der Waals surface area (Å²) in [5, 5.41) is 3.15. The maximum Gasteiger partial charge on any atom is 0.223 e. The van der Waals surface area contributed by atoms with Gasteiger partial charge in [0.15, 0.2) is 0 Å². The molecule has 1 rings (SSSR count). The normalized spacial score (nSPS) is 24.3. The second-order valence-electron chi connectivity index (χ2n) is 4.36. The number of nitrogens with zero attached hydrogens (tertiary/aromatic N) is 2. The first-order valence-corrected chi connectivity index (χ1v) is 5.77. The van der Waals surface area contributed by atoms with Gasteiger partial charge in [0.25, 0.3) is 0 Å². The fourth-order valence-electron chi connectivity index (χ4n) is 1.95. The number of rotatable bonds is 4. The predicted octanol–water partition coefficient (Wildman–Crippen LogP) is 0.149. The van der Waals surface area contributed by atoms with Crippen molar-refractivity contribution < 1.29 is 4.79 Å². The average Bonchev–Trinajstić information content (AvgIpc) is 2.33. The van der Waals surface area contributed by atoms with Crippen LogP contribution in [0.25, 0.3) is 0 Å². The predicted molar refractivity (Wildman–Crippen MR) is 61.8 cm³/mol. The molecule has 15 heavy (non-hydrogen) atoms. The molecule has 4 nitrogen and oxygen atoms in total. The van der Waals surface area contributed by atoms with Crippen molar-refractivity contribution in [2.45, 2.75) is 25.8 Å². The van der Waals surface area contributed by atoms with E-state index in [1.165, 1.54) is 0 Å². The molecule has 1 aliphatic heterocycles. The van der Waals surface area contributed by atoms with Crippen molar-refractivity contribution in [3.63, 3.8) is 0 Å². The Morgan fingerprint density at radius 3 is 2.93 bits per heavy atom. The molecule has 1 unspecified atom stereocenters. The van der Waals surface area contributed by atoms with Gasteiger partial charge in [0, 0.05) is 32.6 Å². The molecular weight excluding hydrogens is 190 g/mol. The van der Waals surface area contributed by atoms with Crippen LogP contribution in [0.3, 0.4) is 0 Å². The van der Waals surface area contributed by atoms with Crippen molar-refractivity contribution >= 4 is 5.91 Å². The third-order valence-electron chi connectivity index (χ3n) is 3.12. The molecule has 1 atom stereocenters. The van der Waals surface area contributed by atoms with E-state index in [-0.39, 0.29) is 5.91 Å². The highest BCUT2D eigenvalue weighted by molar-refractivity contribution is 5.76. The number of hydrogen-bond acceptors (Lipinski definition) is 3. The van der Waals surface area contributed by atoms with Crippen LogP contribution in [0, 0.1) is 0 Å². The minimum atomic E-state index is 0.276. The maximum absolute atomic E-state index is 11.6. The van der Waals surface area contributed by atoms with E-state index in [9.17, 15) is 4.79 Å². The van der Waals surface area contributed by atoms with Crippen LogP contribution in [0.5, 0.6) is 0 Å². The van der Waals surface area contributed by atoms with Gasteiger partial charge in [-0.2, -0.15) is 0 Å². The van der Waals surface area contributed by atoms with Crippen LogP contribution < -0.4 is 5.32 Å². The van der Waals surface area contributed by atoms with Gasteiger partial charge in [0.05, 0.1) is 0 Å². The lowest BCUT2D eigenvalue weighted by atomic mass is 10.3. The van der Waals surface area contributed by atoms with Gasteiger partial charge < -0.3 is 15.1 Å². The molecule has 1 fully saturated rings. The van der Waals surface area contributed by atoms with Crippen LogP contribution in [-0.2, 0) is 4.79 Å². The number of carbonyl (C=O) groups excluding carboxylic acids is 1. The zero-order valence-electron chi connectivity index (χ0n) is 10.1. The highest BCUT2D eigenvalue weighted by Crippen LogP contribution is 2.09. The lowest BCUT2D eigenvalue weighted by molar-refractivity contribution is -0.130. The van der Waals surface area contributed by atoms with Gasteiger partial charge >= 0.3 is 0 Å². The quantitative estimate of drug-likeness (QED) is 0.675. The largest absolute Gasteiger partial charge is 0.342 e. The molecule has 1 N–H and O–H groups in total. The van der Waals surface area contributed by atoms with Gasteiger partial charge in [-0.05, 0) is 33.5 Å². The molecule has 1 aliphatic rings. The molecule has 0 radical (unpaired) electrons. The molecule has 1 saturated heterocycles. The summed E-state index contributed by atoms with van der Waals surface area (Å²) in [4.78, 5) is 15.9. The molecule has 1 heterocycles. The van der Waals surface area contributed by atoms with Crippen LogP contribution in [0.15, 0.2) is 0 Å². The molecule has 0 aliphatic carbocycles. The van der Waals surface area contributed by atoms with E-state index in [2.05, 4.69) is 17.1 Å². The topological polar surface area (TPSA) is 35.6 Å². The number of nitrogens with one attached hydrogen (secondary N) is 1.